The van der Waals surface area contributed by atoms with Crippen molar-refractivity contribution in [2.24, 2.45) is 5.92 Å². The van der Waals surface area contributed by atoms with Crippen molar-refractivity contribution in [1.82, 2.24) is 9.97 Å². The van der Waals surface area contributed by atoms with Gasteiger partial charge in [-0.2, -0.15) is 0 Å². The Labute approximate surface area is 174 Å². The Kier molecular flexibility index (Phi) is 7.48. The number of unbranched alkanes of at least 4 members (excludes halogenated alkanes) is 2. The largest absolute Gasteiger partial charge is 0.381 e. The SMILES string of the molecule is N=Cc1nc(NCc2ccc(Cl)c(Cl)c2)[nH]c(=O)c1CCCCCC1COC1. The molecule has 0 saturated carbocycles. The summed E-state index contributed by atoms with van der Waals surface area (Å²) in [5, 5.41) is 11.7. The maximum atomic E-state index is 12.5. The van der Waals surface area contributed by atoms with E-state index in [2.05, 4.69) is 15.3 Å². The van der Waals surface area contributed by atoms with Gasteiger partial charge in [0.25, 0.3) is 5.56 Å². The van der Waals surface area contributed by atoms with Crippen LogP contribution in [0.15, 0.2) is 23.0 Å². The fourth-order valence-corrected chi connectivity index (χ4v) is 3.48. The van der Waals surface area contributed by atoms with Crippen molar-refractivity contribution in [2.45, 2.75) is 38.6 Å². The maximum Gasteiger partial charge on any atom is 0.256 e. The normalized spacial score (nSPS) is 13.9. The molecule has 0 radical (unpaired) electrons. The summed E-state index contributed by atoms with van der Waals surface area (Å²) in [5.74, 6) is 1.05. The fraction of sp³-hybridized carbons (Fsp3) is 0.450. The highest BCUT2D eigenvalue weighted by Gasteiger charge is 2.17. The van der Waals surface area contributed by atoms with Crippen LogP contribution >= 0.6 is 23.2 Å². The second-order valence-electron chi connectivity index (χ2n) is 7.03. The molecule has 2 aromatic rings. The van der Waals surface area contributed by atoms with Crippen molar-refractivity contribution in [3.63, 3.8) is 0 Å². The summed E-state index contributed by atoms with van der Waals surface area (Å²) in [5.41, 5.74) is 1.70. The van der Waals surface area contributed by atoms with Crippen molar-refractivity contribution in [2.75, 3.05) is 18.5 Å². The third-order valence-corrected chi connectivity index (χ3v) is 5.61. The van der Waals surface area contributed by atoms with Crippen LogP contribution in [0.4, 0.5) is 5.95 Å². The van der Waals surface area contributed by atoms with E-state index in [0.29, 0.717) is 46.1 Å². The second-order valence-corrected chi connectivity index (χ2v) is 7.84. The number of ether oxygens (including phenoxy) is 1. The number of nitrogens with one attached hydrogen (secondary N) is 3. The average Bonchev–Trinajstić information content (AvgIpc) is 2.64. The van der Waals surface area contributed by atoms with Gasteiger partial charge in [-0.1, -0.05) is 42.1 Å². The van der Waals surface area contributed by atoms with Crippen molar-refractivity contribution < 1.29 is 4.74 Å². The van der Waals surface area contributed by atoms with Crippen LogP contribution in [0.5, 0.6) is 0 Å². The van der Waals surface area contributed by atoms with Gasteiger partial charge in [0.05, 0.1) is 29.0 Å². The quantitative estimate of drug-likeness (QED) is 0.389. The number of H-pyrrole nitrogens is 1. The summed E-state index contributed by atoms with van der Waals surface area (Å²) in [6.45, 7) is 2.21. The standard InChI is InChI=1S/C20H24Cl2N4O2/c21-16-7-6-13(8-17(16)22)10-24-20-25-18(9-23)15(19(27)26-20)5-3-1-2-4-14-11-28-12-14/h6-9,14,23H,1-5,10-12H2,(H2,24,25,26,27). The number of anilines is 1. The lowest BCUT2D eigenvalue weighted by Gasteiger charge is -2.25. The number of halogens is 2. The smallest absolute Gasteiger partial charge is 0.256 e. The molecule has 1 aromatic heterocycles. The van der Waals surface area contributed by atoms with E-state index in [1.807, 2.05) is 6.07 Å². The van der Waals surface area contributed by atoms with Crippen molar-refractivity contribution in [3.05, 3.63) is 55.4 Å². The molecule has 1 saturated heterocycles. The Morgan fingerprint density at radius 2 is 2.07 bits per heavy atom. The molecule has 8 heteroatoms. The first-order valence-corrected chi connectivity index (χ1v) is 10.2. The molecular weight excluding hydrogens is 399 g/mol. The Morgan fingerprint density at radius 1 is 1.25 bits per heavy atom. The third-order valence-electron chi connectivity index (χ3n) is 4.87. The zero-order valence-electron chi connectivity index (χ0n) is 15.6. The Bertz CT molecular complexity index is 881. The number of hydrogen-bond donors (Lipinski definition) is 3. The molecule has 150 valence electrons. The van der Waals surface area contributed by atoms with Crippen LogP contribution in [0.2, 0.25) is 10.0 Å². The maximum absolute atomic E-state index is 12.5. The van der Waals surface area contributed by atoms with Crippen LogP contribution in [0, 0.1) is 11.3 Å². The Morgan fingerprint density at radius 3 is 2.75 bits per heavy atom. The van der Waals surface area contributed by atoms with Gasteiger partial charge in [-0.25, -0.2) is 4.98 Å². The molecule has 2 heterocycles. The minimum absolute atomic E-state index is 0.197. The van der Waals surface area contributed by atoms with E-state index in [4.69, 9.17) is 33.3 Å². The van der Waals surface area contributed by atoms with Crippen LogP contribution in [-0.2, 0) is 17.7 Å². The second kappa shape index (κ2) is 10.0. The van der Waals surface area contributed by atoms with Crippen LogP contribution in [-0.4, -0.2) is 29.4 Å². The van der Waals surface area contributed by atoms with Gasteiger partial charge < -0.3 is 15.5 Å². The summed E-state index contributed by atoms with van der Waals surface area (Å²) in [4.78, 5) is 19.6. The van der Waals surface area contributed by atoms with Crippen LogP contribution in [0.1, 0.15) is 42.5 Å². The van der Waals surface area contributed by atoms with E-state index in [9.17, 15) is 4.79 Å². The summed E-state index contributed by atoms with van der Waals surface area (Å²) < 4.78 is 5.18. The zero-order valence-corrected chi connectivity index (χ0v) is 17.1. The van der Waals surface area contributed by atoms with E-state index in [0.717, 1.165) is 44.3 Å². The van der Waals surface area contributed by atoms with Gasteiger partial charge >= 0.3 is 0 Å². The fourth-order valence-electron chi connectivity index (χ4n) is 3.16. The zero-order chi connectivity index (χ0) is 19.9. The molecule has 1 fully saturated rings. The molecule has 6 nitrogen and oxygen atoms in total. The lowest BCUT2D eigenvalue weighted by molar-refractivity contribution is -0.0364. The summed E-state index contributed by atoms with van der Waals surface area (Å²) in [6, 6.07) is 5.33. The molecule has 0 unspecified atom stereocenters. The molecule has 0 atom stereocenters. The molecular formula is C20H24Cl2N4O2. The lowest BCUT2D eigenvalue weighted by atomic mass is 9.98. The third kappa shape index (κ3) is 5.56. The lowest BCUT2D eigenvalue weighted by Crippen LogP contribution is -2.27. The highest BCUT2D eigenvalue weighted by atomic mass is 35.5. The highest BCUT2D eigenvalue weighted by molar-refractivity contribution is 6.42. The minimum atomic E-state index is -0.197. The predicted octanol–water partition coefficient (Wildman–Crippen LogP) is 4.44. The topological polar surface area (TPSA) is 90.9 Å². The highest BCUT2D eigenvalue weighted by Crippen LogP contribution is 2.23. The molecule has 0 amide bonds. The number of rotatable bonds is 10. The van der Waals surface area contributed by atoms with Gasteiger partial charge in [0.15, 0.2) is 0 Å². The van der Waals surface area contributed by atoms with Gasteiger partial charge in [0, 0.05) is 24.2 Å². The van der Waals surface area contributed by atoms with Crippen molar-refractivity contribution in [1.29, 1.82) is 5.41 Å². The van der Waals surface area contributed by atoms with E-state index in [1.54, 1.807) is 12.1 Å². The molecule has 1 aromatic carbocycles. The minimum Gasteiger partial charge on any atom is -0.381 e. The average molecular weight is 423 g/mol. The predicted molar refractivity (Wildman–Crippen MR) is 113 cm³/mol. The first-order chi connectivity index (χ1) is 13.6. The van der Waals surface area contributed by atoms with E-state index < -0.39 is 0 Å². The van der Waals surface area contributed by atoms with Gasteiger partial charge in [-0.3, -0.25) is 9.78 Å². The number of hydrogen-bond acceptors (Lipinski definition) is 5. The summed E-state index contributed by atoms with van der Waals surface area (Å²) >= 11 is 11.9. The summed E-state index contributed by atoms with van der Waals surface area (Å²) in [6.07, 6.45) is 6.06. The van der Waals surface area contributed by atoms with Crippen LogP contribution < -0.4 is 10.9 Å². The summed E-state index contributed by atoms with van der Waals surface area (Å²) in [7, 11) is 0. The number of benzene rings is 1. The molecule has 0 aliphatic carbocycles. The van der Waals surface area contributed by atoms with Crippen molar-refractivity contribution in [3.8, 4) is 0 Å². The Hall–Kier alpha value is -1.89. The van der Waals surface area contributed by atoms with Gasteiger partial charge in [0.2, 0.25) is 5.95 Å². The van der Waals surface area contributed by atoms with Gasteiger partial charge in [-0.15, -0.1) is 0 Å². The molecule has 3 N–H and O–H groups in total. The van der Waals surface area contributed by atoms with E-state index in [1.165, 1.54) is 6.42 Å². The first kappa shape index (κ1) is 20.8. The molecule has 3 rings (SSSR count). The van der Waals surface area contributed by atoms with Crippen LogP contribution in [0.3, 0.4) is 0 Å². The van der Waals surface area contributed by atoms with Crippen LogP contribution in [0.25, 0.3) is 0 Å². The Balaban J connectivity index is 1.56. The molecule has 28 heavy (non-hydrogen) atoms. The monoisotopic (exact) mass is 422 g/mol. The number of aromatic amines is 1. The van der Waals surface area contributed by atoms with Gasteiger partial charge in [0.1, 0.15) is 0 Å². The molecule has 1 aliphatic heterocycles. The molecule has 1 aliphatic rings. The molecule has 0 spiro atoms. The molecule has 0 bridgehead atoms. The number of nitrogens with zero attached hydrogens (tertiary/aromatic N) is 1. The van der Waals surface area contributed by atoms with Crippen molar-refractivity contribution >= 4 is 35.4 Å². The number of aromatic nitrogens is 2. The van der Waals surface area contributed by atoms with E-state index >= 15 is 0 Å². The van der Waals surface area contributed by atoms with Gasteiger partial charge in [-0.05, 0) is 37.0 Å². The van der Waals surface area contributed by atoms with E-state index in [-0.39, 0.29) is 5.56 Å². The first-order valence-electron chi connectivity index (χ1n) is 9.46.